The molecule has 44 valence electrons. The smallest absolute Gasteiger partial charge is 0.123 e. The van der Waals surface area contributed by atoms with Crippen LogP contribution >= 0.6 is 0 Å². The number of carbonyl (C=O) groups excluding carboxylic acids is 1. The monoisotopic (exact) mass is 110 g/mol. The van der Waals surface area contributed by atoms with Crippen molar-refractivity contribution in [2.75, 3.05) is 0 Å². The van der Waals surface area contributed by atoms with Gasteiger partial charge in [-0.05, 0) is 20.3 Å². The van der Waals surface area contributed by atoms with Gasteiger partial charge in [0.15, 0.2) is 0 Å². The van der Waals surface area contributed by atoms with Gasteiger partial charge in [-0.15, -0.1) is 0 Å². The third-order valence-corrected chi connectivity index (χ3v) is 0.741. The van der Waals surface area contributed by atoms with Gasteiger partial charge in [-0.25, -0.2) is 4.79 Å². The van der Waals surface area contributed by atoms with Crippen molar-refractivity contribution in [3.05, 3.63) is 17.7 Å². The first-order chi connectivity index (χ1) is 3.66. The van der Waals surface area contributed by atoms with Crippen LogP contribution in [0.4, 0.5) is 0 Å². The first-order valence-corrected chi connectivity index (χ1v) is 2.51. The van der Waals surface area contributed by atoms with Gasteiger partial charge in [-0.3, -0.25) is 0 Å². The minimum absolute atomic E-state index is 0.684. The molecule has 0 unspecified atom stereocenters. The minimum atomic E-state index is 0.684. The first-order valence-electron chi connectivity index (χ1n) is 2.51. The Kier molecular flexibility index (Phi) is 2.90. The maximum absolute atomic E-state index is 9.84. The lowest BCUT2D eigenvalue weighted by Crippen LogP contribution is -1.76. The van der Waals surface area contributed by atoms with Gasteiger partial charge in [-0.2, -0.15) is 0 Å². The zero-order valence-corrected chi connectivity index (χ0v) is 5.32. The molecule has 0 bridgehead atoms. The second kappa shape index (κ2) is 3.23. The molecule has 0 aliphatic rings. The van der Waals surface area contributed by atoms with E-state index in [4.69, 9.17) is 0 Å². The van der Waals surface area contributed by atoms with Crippen LogP contribution in [0, 0.1) is 0 Å². The van der Waals surface area contributed by atoms with Gasteiger partial charge in [-0.1, -0.05) is 12.2 Å². The summed E-state index contributed by atoms with van der Waals surface area (Å²) >= 11 is 0. The maximum Gasteiger partial charge on any atom is 0.123 e. The normalized spacial score (nSPS) is 7.75. The van der Waals surface area contributed by atoms with Crippen molar-refractivity contribution < 1.29 is 4.79 Å². The van der Waals surface area contributed by atoms with Gasteiger partial charge in [0.25, 0.3) is 0 Å². The Hall–Kier alpha value is -0.810. The van der Waals surface area contributed by atoms with E-state index in [0.29, 0.717) is 6.42 Å². The molecule has 0 radical (unpaired) electrons. The van der Waals surface area contributed by atoms with Crippen molar-refractivity contribution in [2.24, 2.45) is 0 Å². The Labute approximate surface area is 49.7 Å². The quantitative estimate of drug-likeness (QED) is 0.391. The molecule has 1 heteroatoms. The van der Waals surface area contributed by atoms with E-state index in [0.717, 1.165) is 11.1 Å². The maximum atomic E-state index is 9.84. The average Bonchev–Trinajstić information content (AvgIpc) is 1.65. The standard InChI is InChI=1S/C7H10O/c1-6(2)4-7(3)5-8/h1,4H2,2-3H3. The van der Waals surface area contributed by atoms with Crippen LogP contribution in [0.1, 0.15) is 20.3 Å². The fourth-order valence-corrected chi connectivity index (χ4v) is 0.489. The van der Waals surface area contributed by atoms with E-state index in [1.165, 1.54) is 0 Å². The molecule has 0 aromatic rings. The average molecular weight is 110 g/mol. The summed E-state index contributed by atoms with van der Waals surface area (Å²) in [5, 5.41) is 0. The lowest BCUT2D eigenvalue weighted by molar-refractivity contribution is 0.566. The van der Waals surface area contributed by atoms with Crippen LogP contribution in [0.3, 0.4) is 0 Å². The molecule has 0 aromatic heterocycles. The van der Waals surface area contributed by atoms with E-state index < -0.39 is 0 Å². The molecule has 0 saturated heterocycles. The molecule has 0 aromatic carbocycles. The van der Waals surface area contributed by atoms with Crippen LogP contribution in [0.25, 0.3) is 0 Å². The van der Waals surface area contributed by atoms with Crippen molar-refractivity contribution in [3.8, 4) is 0 Å². The summed E-state index contributed by atoms with van der Waals surface area (Å²) < 4.78 is 0. The Balaban J connectivity index is 3.74. The number of hydrogen-bond donors (Lipinski definition) is 0. The van der Waals surface area contributed by atoms with E-state index in [2.05, 4.69) is 6.58 Å². The highest BCUT2D eigenvalue weighted by atomic mass is 16.1. The molecule has 0 rings (SSSR count). The van der Waals surface area contributed by atoms with E-state index in [1.807, 2.05) is 6.92 Å². The van der Waals surface area contributed by atoms with Crippen LogP contribution in [0.15, 0.2) is 17.7 Å². The molecular formula is C7H10O. The van der Waals surface area contributed by atoms with Crippen molar-refractivity contribution in [2.45, 2.75) is 20.3 Å². The molecule has 0 aliphatic heterocycles. The molecule has 0 amide bonds. The number of allylic oxidation sites excluding steroid dienone is 2. The predicted octanol–water partition coefficient (Wildman–Crippen LogP) is 1.73. The van der Waals surface area contributed by atoms with E-state index >= 15 is 0 Å². The molecule has 1 nitrogen and oxygen atoms in total. The highest BCUT2D eigenvalue weighted by Gasteiger charge is 1.87. The summed E-state index contributed by atoms with van der Waals surface area (Å²) in [6.07, 6.45) is 0.684. The third-order valence-electron chi connectivity index (χ3n) is 0.741. The van der Waals surface area contributed by atoms with Gasteiger partial charge in [0.05, 0.1) is 0 Å². The second-order valence-electron chi connectivity index (χ2n) is 2.02. The van der Waals surface area contributed by atoms with Crippen molar-refractivity contribution in [3.63, 3.8) is 0 Å². The van der Waals surface area contributed by atoms with Gasteiger partial charge >= 0.3 is 0 Å². The van der Waals surface area contributed by atoms with Crippen LogP contribution in [0.5, 0.6) is 0 Å². The number of rotatable bonds is 2. The summed E-state index contributed by atoms with van der Waals surface area (Å²) in [4.78, 5) is 9.84. The fourth-order valence-electron chi connectivity index (χ4n) is 0.489. The topological polar surface area (TPSA) is 17.1 Å². The Morgan fingerprint density at radius 2 is 2.12 bits per heavy atom. The Morgan fingerprint density at radius 3 is 2.25 bits per heavy atom. The minimum Gasteiger partial charge on any atom is -0.234 e. The molecule has 0 fully saturated rings. The molecule has 0 N–H and O–H groups in total. The molecular weight excluding hydrogens is 100 g/mol. The lowest BCUT2D eigenvalue weighted by atomic mass is 10.1. The fraction of sp³-hybridized carbons (Fsp3) is 0.429. The Bertz CT molecular complexity index is 138. The summed E-state index contributed by atoms with van der Waals surface area (Å²) in [5.41, 5.74) is 1.73. The van der Waals surface area contributed by atoms with Crippen LogP contribution < -0.4 is 0 Å². The molecule has 8 heavy (non-hydrogen) atoms. The summed E-state index contributed by atoms with van der Waals surface area (Å²) in [6, 6.07) is 0. The second-order valence-corrected chi connectivity index (χ2v) is 2.02. The largest absolute Gasteiger partial charge is 0.234 e. The van der Waals surface area contributed by atoms with Crippen molar-refractivity contribution in [1.29, 1.82) is 0 Å². The summed E-state index contributed by atoms with van der Waals surface area (Å²) in [5.74, 6) is 1.80. The van der Waals surface area contributed by atoms with Crippen molar-refractivity contribution in [1.82, 2.24) is 0 Å². The van der Waals surface area contributed by atoms with Crippen LogP contribution in [0.2, 0.25) is 0 Å². The van der Waals surface area contributed by atoms with Crippen LogP contribution in [-0.4, -0.2) is 5.94 Å². The van der Waals surface area contributed by atoms with E-state index in [1.54, 1.807) is 12.9 Å². The zero-order chi connectivity index (χ0) is 6.57. The summed E-state index contributed by atoms with van der Waals surface area (Å²) in [7, 11) is 0. The summed E-state index contributed by atoms with van der Waals surface area (Å²) in [6.45, 7) is 7.28. The van der Waals surface area contributed by atoms with Gasteiger partial charge < -0.3 is 0 Å². The van der Waals surface area contributed by atoms with Crippen LogP contribution in [-0.2, 0) is 4.79 Å². The van der Waals surface area contributed by atoms with E-state index in [9.17, 15) is 4.79 Å². The van der Waals surface area contributed by atoms with Gasteiger partial charge in [0.1, 0.15) is 5.94 Å². The molecule has 0 aliphatic carbocycles. The Morgan fingerprint density at radius 1 is 1.62 bits per heavy atom. The lowest BCUT2D eigenvalue weighted by Gasteiger charge is -1.90. The molecule has 0 spiro atoms. The van der Waals surface area contributed by atoms with Gasteiger partial charge in [0.2, 0.25) is 0 Å². The predicted molar refractivity (Wildman–Crippen MR) is 34.3 cm³/mol. The number of hydrogen-bond acceptors (Lipinski definition) is 1. The molecule has 0 heterocycles. The van der Waals surface area contributed by atoms with Gasteiger partial charge in [0, 0.05) is 5.57 Å². The van der Waals surface area contributed by atoms with E-state index in [-0.39, 0.29) is 0 Å². The van der Waals surface area contributed by atoms with Crippen molar-refractivity contribution >= 4 is 5.94 Å². The first kappa shape index (κ1) is 7.19. The zero-order valence-electron chi connectivity index (χ0n) is 5.32. The highest BCUT2D eigenvalue weighted by molar-refractivity contribution is 5.52. The SMILES string of the molecule is C=C(C)CC(C)=C=O. The molecule has 0 saturated carbocycles. The third kappa shape index (κ3) is 3.38. The molecule has 0 atom stereocenters. The highest BCUT2D eigenvalue weighted by Crippen LogP contribution is 2.02.